The maximum atomic E-state index is 4.39. The normalized spacial score (nSPS) is 26.7. The van der Waals surface area contributed by atoms with E-state index in [0.717, 1.165) is 24.1 Å². The number of nitrogens with zero attached hydrogens (tertiary/aromatic N) is 1. The van der Waals surface area contributed by atoms with Gasteiger partial charge in [-0.1, -0.05) is 25.8 Å². The Labute approximate surface area is 105 Å². The fourth-order valence-corrected chi connectivity index (χ4v) is 2.61. The van der Waals surface area contributed by atoms with Crippen LogP contribution in [0.5, 0.6) is 0 Å². The molecule has 17 heavy (non-hydrogen) atoms. The van der Waals surface area contributed by atoms with E-state index < -0.39 is 0 Å². The Hall–Kier alpha value is -0.890. The highest BCUT2D eigenvalue weighted by Gasteiger charge is 2.18. The van der Waals surface area contributed by atoms with E-state index in [4.69, 9.17) is 0 Å². The van der Waals surface area contributed by atoms with Crippen LogP contribution in [0.1, 0.15) is 51.3 Å². The lowest BCUT2D eigenvalue weighted by Crippen LogP contribution is -2.28. The van der Waals surface area contributed by atoms with Crippen molar-refractivity contribution in [3.63, 3.8) is 0 Å². The molecule has 1 atom stereocenters. The lowest BCUT2D eigenvalue weighted by atomic mass is 9.83. The van der Waals surface area contributed by atoms with Crippen LogP contribution in [0.15, 0.2) is 24.4 Å². The van der Waals surface area contributed by atoms with Gasteiger partial charge in [-0.05, 0) is 50.3 Å². The largest absolute Gasteiger partial charge is 0.309 e. The molecule has 0 radical (unpaired) electrons. The predicted molar refractivity (Wildman–Crippen MR) is 71.8 cm³/mol. The summed E-state index contributed by atoms with van der Waals surface area (Å²) in [6.07, 6.45) is 7.47. The van der Waals surface area contributed by atoms with Crippen molar-refractivity contribution in [2.24, 2.45) is 11.8 Å². The van der Waals surface area contributed by atoms with E-state index in [1.807, 2.05) is 12.3 Å². The van der Waals surface area contributed by atoms with Gasteiger partial charge in [0.05, 0.1) is 5.69 Å². The molecule has 0 aromatic carbocycles. The van der Waals surface area contributed by atoms with Crippen LogP contribution in [-0.2, 0) is 0 Å². The number of hydrogen-bond donors (Lipinski definition) is 1. The number of nitrogens with one attached hydrogen (secondary N) is 1. The topological polar surface area (TPSA) is 24.9 Å². The maximum Gasteiger partial charge on any atom is 0.0570 e. The Morgan fingerprint density at radius 3 is 2.71 bits per heavy atom. The van der Waals surface area contributed by atoms with Crippen LogP contribution in [0, 0.1) is 11.8 Å². The van der Waals surface area contributed by atoms with Gasteiger partial charge >= 0.3 is 0 Å². The third kappa shape index (κ3) is 3.81. The van der Waals surface area contributed by atoms with Gasteiger partial charge in [-0.3, -0.25) is 4.98 Å². The molecule has 2 nitrogen and oxygen atoms in total. The summed E-state index contributed by atoms with van der Waals surface area (Å²) < 4.78 is 0. The van der Waals surface area contributed by atoms with Crippen molar-refractivity contribution in [2.45, 2.75) is 45.6 Å². The first-order valence-electron chi connectivity index (χ1n) is 6.90. The first-order chi connectivity index (χ1) is 8.25. The van der Waals surface area contributed by atoms with Crippen LogP contribution >= 0.6 is 0 Å². The second-order valence-corrected chi connectivity index (χ2v) is 5.51. The van der Waals surface area contributed by atoms with E-state index in [1.165, 1.54) is 25.7 Å². The van der Waals surface area contributed by atoms with Gasteiger partial charge in [0.2, 0.25) is 0 Å². The van der Waals surface area contributed by atoms with Crippen molar-refractivity contribution in [1.82, 2.24) is 10.3 Å². The van der Waals surface area contributed by atoms with Gasteiger partial charge in [0.25, 0.3) is 0 Å². The zero-order valence-electron chi connectivity index (χ0n) is 11.0. The van der Waals surface area contributed by atoms with E-state index in [-0.39, 0.29) is 0 Å². The molecule has 1 aliphatic carbocycles. The molecule has 0 unspecified atom stereocenters. The van der Waals surface area contributed by atoms with Crippen molar-refractivity contribution >= 4 is 0 Å². The number of hydrogen-bond acceptors (Lipinski definition) is 2. The highest BCUT2D eigenvalue weighted by Crippen LogP contribution is 2.28. The van der Waals surface area contributed by atoms with Gasteiger partial charge < -0.3 is 5.32 Å². The zero-order chi connectivity index (χ0) is 12.1. The molecule has 94 valence electrons. The molecule has 1 N–H and O–H groups in total. The van der Waals surface area contributed by atoms with Gasteiger partial charge in [0, 0.05) is 12.2 Å². The van der Waals surface area contributed by atoms with E-state index >= 15 is 0 Å². The number of rotatable bonds is 4. The van der Waals surface area contributed by atoms with Crippen molar-refractivity contribution in [2.75, 3.05) is 6.54 Å². The van der Waals surface area contributed by atoms with E-state index in [0.29, 0.717) is 6.04 Å². The van der Waals surface area contributed by atoms with Crippen molar-refractivity contribution < 1.29 is 0 Å². The molecular weight excluding hydrogens is 208 g/mol. The van der Waals surface area contributed by atoms with Crippen LogP contribution < -0.4 is 5.32 Å². The van der Waals surface area contributed by atoms with E-state index in [2.05, 4.69) is 36.3 Å². The summed E-state index contributed by atoms with van der Waals surface area (Å²) in [5.74, 6) is 1.82. The van der Waals surface area contributed by atoms with Crippen molar-refractivity contribution in [3.8, 4) is 0 Å². The molecule has 0 amide bonds. The van der Waals surface area contributed by atoms with Gasteiger partial charge in [-0.25, -0.2) is 0 Å². The third-order valence-corrected chi connectivity index (χ3v) is 3.98. The molecule has 0 bridgehead atoms. The van der Waals surface area contributed by atoms with Gasteiger partial charge in [0.15, 0.2) is 0 Å². The van der Waals surface area contributed by atoms with Crippen LogP contribution in [0.2, 0.25) is 0 Å². The zero-order valence-corrected chi connectivity index (χ0v) is 11.0. The summed E-state index contributed by atoms with van der Waals surface area (Å²) >= 11 is 0. The second kappa shape index (κ2) is 6.15. The van der Waals surface area contributed by atoms with E-state index in [9.17, 15) is 0 Å². The summed E-state index contributed by atoms with van der Waals surface area (Å²) in [6, 6.07) is 6.50. The first-order valence-corrected chi connectivity index (χ1v) is 6.90. The Balaban J connectivity index is 1.75. The summed E-state index contributed by atoms with van der Waals surface area (Å²) in [7, 11) is 0. The SMILES string of the molecule is CC1CCC(CN[C@@H](C)c2ccccn2)CC1. The van der Waals surface area contributed by atoms with Crippen LogP contribution in [0.4, 0.5) is 0 Å². The quantitative estimate of drug-likeness (QED) is 0.858. The Morgan fingerprint density at radius 2 is 2.06 bits per heavy atom. The van der Waals surface area contributed by atoms with E-state index in [1.54, 1.807) is 0 Å². The lowest BCUT2D eigenvalue weighted by Gasteiger charge is -2.27. The molecule has 1 heterocycles. The highest BCUT2D eigenvalue weighted by atomic mass is 14.9. The number of pyridine rings is 1. The summed E-state index contributed by atoms with van der Waals surface area (Å²) in [5.41, 5.74) is 1.15. The Bertz CT molecular complexity index is 315. The summed E-state index contributed by atoms with van der Waals surface area (Å²) in [6.45, 7) is 5.72. The monoisotopic (exact) mass is 232 g/mol. The van der Waals surface area contributed by atoms with Crippen LogP contribution in [0.3, 0.4) is 0 Å². The van der Waals surface area contributed by atoms with Crippen molar-refractivity contribution in [3.05, 3.63) is 30.1 Å². The molecule has 1 aromatic heterocycles. The minimum absolute atomic E-state index is 0.371. The smallest absolute Gasteiger partial charge is 0.0570 e. The molecule has 2 heteroatoms. The molecule has 1 fully saturated rings. The van der Waals surface area contributed by atoms with Gasteiger partial charge in [-0.15, -0.1) is 0 Å². The third-order valence-electron chi connectivity index (χ3n) is 3.98. The van der Waals surface area contributed by atoms with Gasteiger partial charge in [0.1, 0.15) is 0 Å². The molecule has 1 aliphatic rings. The molecule has 2 rings (SSSR count). The molecule has 0 spiro atoms. The minimum Gasteiger partial charge on any atom is -0.309 e. The molecule has 1 aromatic rings. The first kappa shape index (κ1) is 12.6. The van der Waals surface area contributed by atoms with Crippen molar-refractivity contribution in [1.29, 1.82) is 0 Å². The fraction of sp³-hybridized carbons (Fsp3) is 0.667. The van der Waals surface area contributed by atoms with Crippen LogP contribution in [-0.4, -0.2) is 11.5 Å². The maximum absolute atomic E-state index is 4.39. The van der Waals surface area contributed by atoms with Crippen LogP contribution in [0.25, 0.3) is 0 Å². The lowest BCUT2D eigenvalue weighted by molar-refractivity contribution is 0.275. The predicted octanol–water partition coefficient (Wildman–Crippen LogP) is 3.56. The summed E-state index contributed by atoms with van der Waals surface area (Å²) in [4.78, 5) is 4.39. The molecule has 0 aliphatic heterocycles. The average molecular weight is 232 g/mol. The highest BCUT2D eigenvalue weighted by molar-refractivity contribution is 5.07. The standard InChI is InChI=1S/C15H24N2/c1-12-6-8-14(9-7-12)11-17-13(2)15-5-3-4-10-16-15/h3-5,10,12-14,17H,6-9,11H2,1-2H3/t12?,13-,14?/m0/s1. The number of aromatic nitrogens is 1. The second-order valence-electron chi connectivity index (χ2n) is 5.51. The Morgan fingerprint density at radius 1 is 1.29 bits per heavy atom. The molecular formula is C15H24N2. The minimum atomic E-state index is 0.371. The molecule has 1 saturated carbocycles. The Kier molecular flexibility index (Phi) is 4.55. The molecule has 0 saturated heterocycles. The fourth-order valence-electron chi connectivity index (χ4n) is 2.61. The average Bonchev–Trinajstić information content (AvgIpc) is 2.39. The van der Waals surface area contributed by atoms with Gasteiger partial charge in [-0.2, -0.15) is 0 Å². The summed E-state index contributed by atoms with van der Waals surface area (Å²) in [5, 5.41) is 3.62.